The number of hydrogen-bond donors (Lipinski definition) is 2. The predicted molar refractivity (Wildman–Crippen MR) is 95.5 cm³/mol. The van der Waals surface area contributed by atoms with Crippen LogP contribution in [0.3, 0.4) is 0 Å². The molecule has 1 heterocycles. The monoisotopic (exact) mass is 348 g/mol. The molecule has 0 aromatic rings. The second-order valence-corrected chi connectivity index (χ2v) is 7.29. The first-order valence-corrected chi connectivity index (χ1v) is 8.58. The molecule has 0 bridgehead atoms. The van der Waals surface area contributed by atoms with Crippen molar-refractivity contribution in [1.29, 1.82) is 0 Å². The van der Waals surface area contributed by atoms with Crippen LogP contribution >= 0.6 is 11.6 Å². The average molecular weight is 349 g/mol. The summed E-state index contributed by atoms with van der Waals surface area (Å²) in [4.78, 5) is 10.9. The molecule has 1 aliphatic rings. The Kier molecular flexibility index (Phi) is 7.90. The Morgan fingerprint density at radius 3 is 2.35 bits per heavy atom. The molecule has 3 N–H and O–H groups in total. The van der Waals surface area contributed by atoms with Gasteiger partial charge >= 0.3 is 0 Å². The van der Waals surface area contributed by atoms with Gasteiger partial charge in [0.05, 0.1) is 18.0 Å². The van der Waals surface area contributed by atoms with Crippen molar-refractivity contribution >= 4 is 23.1 Å². The van der Waals surface area contributed by atoms with Crippen molar-refractivity contribution in [2.75, 3.05) is 33.4 Å². The molecule has 7 heteroatoms. The lowest BCUT2D eigenvalue weighted by Gasteiger charge is -2.43. The van der Waals surface area contributed by atoms with E-state index < -0.39 is 12.7 Å². The molecular weight excluding hydrogens is 319 g/mol. The minimum Gasteiger partial charge on any atom is -0.390 e. The van der Waals surface area contributed by atoms with Gasteiger partial charge in [-0.2, -0.15) is 0 Å². The van der Waals surface area contributed by atoms with E-state index in [2.05, 4.69) is 14.9 Å². The van der Waals surface area contributed by atoms with Crippen LogP contribution in [0.1, 0.15) is 33.6 Å². The standard InChI is InChI=1S/C16H30ClFN4O/c1-11(17)12(2)21-15(13(10-23)20-4)22-7-5-16(3,6-8-22)14(19)9-18/h11-12,14,23H,5-10,19H2,1-4H3/t11-,12?,14?/m1/s1. The Labute approximate surface area is 143 Å². The van der Waals surface area contributed by atoms with E-state index in [0.717, 1.165) is 12.8 Å². The molecule has 1 rings (SSSR count). The highest BCUT2D eigenvalue weighted by Crippen LogP contribution is 2.34. The van der Waals surface area contributed by atoms with E-state index in [1.165, 1.54) is 0 Å². The maximum atomic E-state index is 12.9. The van der Waals surface area contributed by atoms with Crippen molar-refractivity contribution in [3.8, 4) is 0 Å². The molecule has 0 radical (unpaired) electrons. The molecule has 134 valence electrons. The number of aliphatic hydroxyl groups excluding tert-OH is 1. The first kappa shape index (κ1) is 20.3. The number of aliphatic imine (C=N–C) groups is 2. The van der Waals surface area contributed by atoms with E-state index in [4.69, 9.17) is 17.3 Å². The number of likely N-dealkylation sites (tertiary alicyclic amines) is 1. The molecule has 1 fully saturated rings. The van der Waals surface area contributed by atoms with Gasteiger partial charge in [0.1, 0.15) is 18.2 Å². The van der Waals surface area contributed by atoms with Gasteiger partial charge in [-0.15, -0.1) is 11.6 Å². The summed E-state index contributed by atoms with van der Waals surface area (Å²) < 4.78 is 12.9. The van der Waals surface area contributed by atoms with Gasteiger partial charge in [-0.3, -0.25) is 9.98 Å². The minimum absolute atomic E-state index is 0.0867. The zero-order valence-electron chi connectivity index (χ0n) is 14.6. The number of piperidine rings is 1. The van der Waals surface area contributed by atoms with Crippen LogP contribution in [0.4, 0.5) is 4.39 Å². The highest BCUT2D eigenvalue weighted by molar-refractivity contribution is 6.42. The van der Waals surface area contributed by atoms with E-state index in [9.17, 15) is 9.50 Å². The number of amidine groups is 1. The second kappa shape index (κ2) is 8.94. The van der Waals surface area contributed by atoms with E-state index in [1.807, 2.05) is 20.8 Å². The summed E-state index contributed by atoms with van der Waals surface area (Å²) in [5.74, 6) is 0.686. The Morgan fingerprint density at radius 2 is 1.96 bits per heavy atom. The van der Waals surface area contributed by atoms with E-state index in [1.54, 1.807) is 7.05 Å². The van der Waals surface area contributed by atoms with Crippen molar-refractivity contribution < 1.29 is 9.50 Å². The van der Waals surface area contributed by atoms with Gasteiger partial charge in [-0.25, -0.2) is 4.39 Å². The number of nitrogens with two attached hydrogens (primary N) is 1. The second-order valence-electron chi connectivity index (χ2n) is 6.60. The highest BCUT2D eigenvalue weighted by atomic mass is 35.5. The predicted octanol–water partition coefficient (Wildman–Crippen LogP) is 1.86. The zero-order chi connectivity index (χ0) is 17.6. The molecule has 23 heavy (non-hydrogen) atoms. The zero-order valence-corrected chi connectivity index (χ0v) is 15.4. The maximum absolute atomic E-state index is 12.9. The van der Waals surface area contributed by atoms with Crippen LogP contribution in [0.15, 0.2) is 9.98 Å². The molecule has 1 aliphatic heterocycles. The fraction of sp³-hybridized carbons (Fsp3) is 0.875. The van der Waals surface area contributed by atoms with E-state index >= 15 is 0 Å². The van der Waals surface area contributed by atoms with Gasteiger partial charge in [0.25, 0.3) is 0 Å². The van der Waals surface area contributed by atoms with Crippen molar-refractivity contribution in [2.45, 2.75) is 51.1 Å². The molecule has 3 atom stereocenters. The van der Waals surface area contributed by atoms with Crippen LogP contribution in [0, 0.1) is 5.41 Å². The molecule has 2 unspecified atom stereocenters. The summed E-state index contributed by atoms with van der Waals surface area (Å²) in [6.45, 7) is 6.62. The van der Waals surface area contributed by atoms with E-state index in [-0.39, 0.29) is 23.4 Å². The normalized spacial score (nSPS) is 23.6. The van der Waals surface area contributed by atoms with Crippen molar-refractivity contribution in [1.82, 2.24) is 4.90 Å². The SMILES string of the molecule is CN=C(CO)C(=NC(C)[C@@H](C)Cl)N1CCC(C)(C(N)CF)CC1. The third kappa shape index (κ3) is 5.13. The Morgan fingerprint density at radius 1 is 1.39 bits per heavy atom. The van der Waals surface area contributed by atoms with Gasteiger partial charge in [-0.05, 0) is 32.1 Å². The van der Waals surface area contributed by atoms with Crippen molar-refractivity contribution in [3.63, 3.8) is 0 Å². The van der Waals surface area contributed by atoms with Gasteiger partial charge in [-0.1, -0.05) is 6.92 Å². The van der Waals surface area contributed by atoms with Crippen LogP contribution in [0.25, 0.3) is 0 Å². The number of halogens is 2. The summed E-state index contributed by atoms with van der Waals surface area (Å²) in [6, 6.07) is -0.527. The largest absolute Gasteiger partial charge is 0.390 e. The Bertz CT molecular complexity index is 434. The Balaban J connectivity index is 2.95. The van der Waals surface area contributed by atoms with Crippen LogP contribution < -0.4 is 5.73 Å². The number of nitrogens with zero attached hydrogens (tertiary/aromatic N) is 3. The van der Waals surface area contributed by atoms with Crippen LogP contribution in [0.5, 0.6) is 0 Å². The molecule has 0 spiro atoms. The number of hydrogen-bond acceptors (Lipinski definition) is 4. The fourth-order valence-electron chi connectivity index (χ4n) is 2.66. The van der Waals surface area contributed by atoms with Gasteiger partial charge < -0.3 is 15.7 Å². The summed E-state index contributed by atoms with van der Waals surface area (Å²) in [5, 5.41) is 9.45. The first-order chi connectivity index (χ1) is 10.8. The van der Waals surface area contributed by atoms with E-state index in [0.29, 0.717) is 24.6 Å². The van der Waals surface area contributed by atoms with Gasteiger partial charge in [0.2, 0.25) is 0 Å². The van der Waals surface area contributed by atoms with Crippen LogP contribution in [-0.4, -0.2) is 72.4 Å². The lowest BCUT2D eigenvalue weighted by molar-refractivity contribution is 0.120. The number of alkyl halides is 2. The summed E-state index contributed by atoms with van der Waals surface area (Å²) >= 11 is 6.12. The highest BCUT2D eigenvalue weighted by Gasteiger charge is 2.37. The smallest absolute Gasteiger partial charge is 0.147 e. The molecule has 0 aromatic heterocycles. The molecule has 0 aromatic carbocycles. The number of aliphatic hydroxyl groups is 1. The third-order valence-corrected chi connectivity index (χ3v) is 5.30. The molecule has 1 saturated heterocycles. The van der Waals surface area contributed by atoms with Crippen LogP contribution in [-0.2, 0) is 0 Å². The summed E-state index contributed by atoms with van der Waals surface area (Å²) in [7, 11) is 1.64. The quantitative estimate of drug-likeness (QED) is 0.437. The van der Waals surface area contributed by atoms with Gasteiger partial charge in [0, 0.05) is 26.2 Å². The Hall–Kier alpha value is -0.720. The number of rotatable bonds is 6. The molecule has 5 nitrogen and oxygen atoms in total. The van der Waals surface area contributed by atoms with Crippen molar-refractivity contribution in [3.05, 3.63) is 0 Å². The lowest BCUT2D eigenvalue weighted by atomic mass is 9.75. The topological polar surface area (TPSA) is 74.2 Å². The first-order valence-electron chi connectivity index (χ1n) is 8.14. The molecule has 0 amide bonds. The fourth-order valence-corrected chi connectivity index (χ4v) is 2.72. The molecular formula is C16H30ClFN4O. The minimum atomic E-state index is -0.503. The average Bonchev–Trinajstić information content (AvgIpc) is 2.54. The molecule has 0 saturated carbocycles. The van der Waals surface area contributed by atoms with Gasteiger partial charge in [0.15, 0.2) is 0 Å². The maximum Gasteiger partial charge on any atom is 0.147 e. The third-order valence-electron chi connectivity index (χ3n) is 4.94. The van der Waals surface area contributed by atoms with Crippen molar-refractivity contribution in [2.24, 2.45) is 21.1 Å². The summed E-state index contributed by atoms with van der Waals surface area (Å²) in [6.07, 6.45) is 1.56. The molecule has 0 aliphatic carbocycles. The summed E-state index contributed by atoms with van der Waals surface area (Å²) in [5.41, 5.74) is 6.28. The lowest BCUT2D eigenvalue weighted by Crippen LogP contribution is -2.52. The van der Waals surface area contributed by atoms with Crippen LogP contribution in [0.2, 0.25) is 0 Å².